The van der Waals surface area contributed by atoms with Gasteiger partial charge in [-0.15, -0.1) is 0 Å². The van der Waals surface area contributed by atoms with Gasteiger partial charge in [-0.05, 0) is 69.5 Å². The van der Waals surface area contributed by atoms with Gasteiger partial charge in [0.25, 0.3) is 0 Å². The Labute approximate surface area is 366 Å². The zero-order chi connectivity index (χ0) is 20.5. The van der Waals surface area contributed by atoms with Gasteiger partial charge in [-0.3, -0.25) is 0 Å². The Hall–Kier alpha value is 3.18. The molecule has 0 aliphatic heterocycles. The first-order valence-corrected chi connectivity index (χ1v) is 11.1. The zero-order valence-electron chi connectivity index (χ0n) is 23.5. The van der Waals surface area contributed by atoms with Gasteiger partial charge in [0.15, 0.2) is 0 Å². The van der Waals surface area contributed by atoms with Gasteiger partial charge in [-0.1, -0.05) is 125 Å². The number of hydrogen-bond acceptors (Lipinski definition) is 0. The van der Waals surface area contributed by atoms with E-state index in [4.69, 9.17) is 0 Å². The summed E-state index contributed by atoms with van der Waals surface area (Å²) in [5.74, 6) is 0. The normalized spacial score (nSPS) is 8.26. The van der Waals surface area contributed by atoms with E-state index in [1.807, 2.05) is 13.8 Å². The summed E-state index contributed by atoms with van der Waals surface area (Å²) in [4.78, 5) is 0. The summed E-state index contributed by atoms with van der Waals surface area (Å²) in [7, 11) is 0. The maximum absolute atomic E-state index is 2.43. The van der Waals surface area contributed by atoms with Crippen LogP contribution in [0.2, 0.25) is 0 Å². The van der Waals surface area contributed by atoms with E-state index in [0.717, 1.165) is 12.8 Å². The molecule has 0 unspecified atom stereocenters. The van der Waals surface area contributed by atoms with Crippen LogP contribution in [0.25, 0.3) is 22.3 Å². The molecule has 5 heteroatoms. The molecule has 5 radical (unpaired) electrons. The molecule has 0 nitrogen and oxygen atoms in total. The number of benzene rings is 3. The van der Waals surface area contributed by atoms with Gasteiger partial charge in [0.05, 0.1) is 0 Å². The summed E-state index contributed by atoms with van der Waals surface area (Å²) >= 11 is 0. The smallest absolute Gasteiger partial charge is 0 e. The third-order valence-corrected chi connectivity index (χ3v) is 4.71. The van der Waals surface area contributed by atoms with Crippen LogP contribution < -0.4 is 0 Å². The average Bonchev–Trinajstić information content (AvgIpc) is 3.26. The van der Waals surface area contributed by atoms with Crippen LogP contribution in [0, 0.1) is 14.9 Å². The second kappa shape index (κ2) is 36.4. The standard InChI is InChI=1S/C20H14.2C3H8.C2H6.3CH4.2CH3.5Y/c1-3-7-17-13(5-1)9-15-11-20-16(12-19(15)17)10-14-6-2-4-8-18(14)20;2*1-3-2;1-2;;;;;;;;;;/h1-8,11-12H,9-10H2;2*3H2,1-2H3;1-2H3;3*1H4;2*1H3;;;;;/q;;;;;;;2*-1;;;;;. The number of fused-ring (bicyclic) bond motifs is 6. The predicted molar refractivity (Wildman–Crippen MR) is 159 cm³/mol. The molecular weight excluding hydrogens is 841 g/mol. The van der Waals surface area contributed by atoms with Crippen molar-refractivity contribution in [1.82, 2.24) is 0 Å². The Balaban J connectivity index is -0.0000000611. The second-order valence-electron chi connectivity index (χ2n) is 7.25. The van der Waals surface area contributed by atoms with Crippen LogP contribution >= 0.6 is 0 Å². The fourth-order valence-corrected chi connectivity index (χ4v) is 3.77. The van der Waals surface area contributed by atoms with Crippen molar-refractivity contribution < 1.29 is 164 Å². The van der Waals surface area contributed by atoms with E-state index in [9.17, 15) is 0 Å². The molecule has 0 spiro atoms. The molecule has 3 aromatic carbocycles. The number of hydrogen-bond donors (Lipinski definition) is 0. The van der Waals surface area contributed by atoms with Crippen LogP contribution in [0.4, 0.5) is 0 Å². The zero-order valence-corrected chi connectivity index (χ0v) is 37.7. The summed E-state index contributed by atoms with van der Waals surface area (Å²) in [5, 5.41) is 0. The van der Waals surface area contributed by atoms with E-state index < -0.39 is 0 Å². The van der Waals surface area contributed by atoms with E-state index in [2.05, 4.69) is 88.4 Å². The van der Waals surface area contributed by atoms with E-state index in [1.54, 1.807) is 0 Å². The SMILES string of the molecule is C.C.C.CC.CCC.CCC.[CH3-].[CH3-].[Y].[Y].[Y].[Y].[Y].c1ccc2c(c1)Cc1cc3c(cc1-2)Cc1ccccc1-3. The Morgan fingerprint density at radius 1 is 0.447 bits per heavy atom. The molecule has 38 heavy (non-hydrogen) atoms. The van der Waals surface area contributed by atoms with Crippen molar-refractivity contribution in [3.05, 3.63) is 97.8 Å². The maximum Gasteiger partial charge on any atom is 0 e. The minimum absolute atomic E-state index is 0. The minimum atomic E-state index is 0. The van der Waals surface area contributed by atoms with Crippen molar-refractivity contribution in [3.8, 4) is 22.3 Å². The van der Waals surface area contributed by atoms with Gasteiger partial charge in [-0.2, -0.15) is 0 Å². The van der Waals surface area contributed by atoms with E-state index >= 15 is 0 Å². The largest absolute Gasteiger partial charge is 0.358 e. The van der Waals surface area contributed by atoms with Gasteiger partial charge < -0.3 is 14.9 Å². The van der Waals surface area contributed by atoms with Crippen molar-refractivity contribution in [2.45, 2.75) is 89.5 Å². The van der Waals surface area contributed by atoms with Gasteiger partial charge in [0, 0.05) is 164 Å². The third-order valence-electron chi connectivity index (χ3n) is 4.71. The first-order valence-electron chi connectivity index (χ1n) is 11.1. The van der Waals surface area contributed by atoms with Crippen LogP contribution in [0.15, 0.2) is 60.7 Å². The Morgan fingerprint density at radius 2 is 0.684 bits per heavy atom. The van der Waals surface area contributed by atoms with E-state index in [-0.39, 0.29) is 201 Å². The molecular formula is C33H54Y5-2. The molecule has 2 aliphatic carbocycles. The molecule has 0 saturated heterocycles. The Morgan fingerprint density at radius 3 is 0.947 bits per heavy atom. The summed E-state index contributed by atoms with van der Waals surface area (Å²) in [5.41, 5.74) is 11.7. The molecule has 0 amide bonds. The van der Waals surface area contributed by atoms with Crippen molar-refractivity contribution in [2.75, 3.05) is 0 Å². The molecule has 203 valence electrons. The van der Waals surface area contributed by atoms with E-state index in [1.165, 1.54) is 57.3 Å². The molecule has 0 atom stereocenters. The first-order chi connectivity index (χ1) is 13.7. The first kappa shape index (κ1) is 64.2. The van der Waals surface area contributed by atoms with Crippen LogP contribution in [-0.2, 0) is 176 Å². The molecule has 0 bridgehead atoms. The summed E-state index contributed by atoms with van der Waals surface area (Å²) in [6, 6.07) is 22.5. The van der Waals surface area contributed by atoms with Crippen molar-refractivity contribution in [1.29, 1.82) is 0 Å². The molecule has 0 aromatic heterocycles. The minimum Gasteiger partial charge on any atom is -0.358 e. The van der Waals surface area contributed by atoms with Gasteiger partial charge in [0.2, 0.25) is 0 Å². The fraction of sp³-hybridized carbons (Fsp3) is 0.394. The van der Waals surface area contributed by atoms with Crippen LogP contribution in [-0.4, -0.2) is 0 Å². The number of rotatable bonds is 0. The molecule has 0 saturated carbocycles. The van der Waals surface area contributed by atoms with Gasteiger partial charge in [0.1, 0.15) is 0 Å². The second-order valence-corrected chi connectivity index (χ2v) is 7.25. The molecule has 2 aliphatic rings. The maximum atomic E-state index is 2.43. The van der Waals surface area contributed by atoms with Crippen molar-refractivity contribution in [3.63, 3.8) is 0 Å². The third kappa shape index (κ3) is 17.5. The molecule has 0 heterocycles. The predicted octanol–water partition coefficient (Wildman–Crippen LogP) is 11.5. The Bertz CT molecular complexity index is 832. The van der Waals surface area contributed by atoms with Crippen LogP contribution in [0.1, 0.15) is 98.9 Å². The summed E-state index contributed by atoms with van der Waals surface area (Å²) in [6.07, 6.45) is 4.67. The fourth-order valence-electron chi connectivity index (χ4n) is 3.77. The molecule has 0 N–H and O–H groups in total. The summed E-state index contributed by atoms with van der Waals surface area (Å²) < 4.78 is 0. The molecule has 5 rings (SSSR count). The van der Waals surface area contributed by atoms with Gasteiger partial charge in [-0.25, -0.2) is 0 Å². The van der Waals surface area contributed by atoms with Gasteiger partial charge >= 0.3 is 0 Å². The monoisotopic (exact) mass is 895 g/mol. The van der Waals surface area contributed by atoms with Crippen molar-refractivity contribution in [2.24, 2.45) is 0 Å². The Kier molecular flexibility index (Phi) is 61.4. The van der Waals surface area contributed by atoms with E-state index in [0.29, 0.717) is 0 Å². The molecule has 3 aromatic rings. The van der Waals surface area contributed by atoms with Crippen LogP contribution in [0.5, 0.6) is 0 Å². The topological polar surface area (TPSA) is 0 Å². The molecule has 0 fully saturated rings. The average molecular weight is 895 g/mol. The quantitative estimate of drug-likeness (QED) is 0.136. The van der Waals surface area contributed by atoms with Crippen molar-refractivity contribution >= 4 is 0 Å². The van der Waals surface area contributed by atoms with Crippen LogP contribution in [0.3, 0.4) is 0 Å². The summed E-state index contributed by atoms with van der Waals surface area (Å²) in [6.45, 7) is 12.5.